The zero-order valence-electron chi connectivity index (χ0n) is 15.4. The molecule has 9 nitrogen and oxygen atoms in total. The molecule has 0 radical (unpaired) electrons. The van der Waals surface area contributed by atoms with E-state index in [-0.39, 0.29) is 48.3 Å². The molecule has 0 bridgehead atoms. The fraction of sp³-hybridized carbons (Fsp3) is 0.211. The first-order valence-electron chi connectivity index (χ1n) is 8.87. The number of nitrogens with zero attached hydrogens (tertiary/aromatic N) is 3. The van der Waals surface area contributed by atoms with Crippen molar-refractivity contribution in [1.29, 1.82) is 0 Å². The lowest BCUT2D eigenvalue weighted by molar-refractivity contribution is -0.118. The number of hydrogen-bond acceptors (Lipinski definition) is 6. The number of nitrogens with one attached hydrogen (secondary N) is 2. The third kappa shape index (κ3) is 3.51. The Morgan fingerprint density at radius 2 is 2.17 bits per heavy atom. The largest absolute Gasteiger partial charge is 0.482 e. The summed E-state index contributed by atoms with van der Waals surface area (Å²) in [6.07, 6.45) is 1.12. The van der Waals surface area contributed by atoms with E-state index in [0.717, 1.165) is 10.7 Å². The molecule has 1 aliphatic rings. The van der Waals surface area contributed by atoms with Gasteiger partial charge in [-0.1, -0.05) is 13.0 Å². The SMILES string of the molecule is CCC(=O)c1cc(C(=O)NCc2ccc3c(c2)NC(=O)CO3)nc2c(F)cnn12. The highest BCUT2D eigenvalue weighted by Gasteiger charge is 2.20. The molecule has 3 aromatic rings. The van der Waals surface area contributed by atoms with Crippen molar-refractivity contribution in [1.82, 2.24) is 19.9 Å². The molecule has 1 aromatic carbocycles. The van der Waals surface area contributed by atoms with E-state index >= 15 is 0 Å². The van der Waals surface area contributed by atoms with Crippen LogP contribution in [-0.4, -0.2) is 38.8 Å². The normalized spacial score (nSPS) is 12.8. The second-order valence-corrected chi connectivity index (χ2v) is 6.38. The van der Waals surface area contributed by atoms with Crippen molar-refractivity contribution in [3.63, 3.8) is 0 Å². The summed E-state index contributed by atoms with van der Waals surface area (Å²) < 4.78 is 20.3. The van der Waals surface area contributed by atoms with Gasteiger partial charge in [-0.05, 0) is 23.8 Å². The molecule has 0 fully saturated rings. The zero-order chi connectivity index (χ0) is 20.5. The van der Waals surface area contributed by atoms with Crippen LogP contribution in [0.1, 0.15) is 39.9 Å². The summed E-state index contributed by atoms with van der Waals surface area (Å²) in [6.45, 7) is 1.75. The topological polar surface area (TPSA) is 115 Å². The molecular formula is C19H16FN5O4. The third-order valence-corrected chi connectivity index (χ3v) is 4.40. The summed E-state index contributed by atoms with van der Waals surface area (Å²) in [5.41, 5.74) is 1.03. The van der Waals surface area contributed by atoms with Crippen molar-refractivity contribution in [2.24, 2.45) is 0 Å². The number of ketones is 1. The van der Waals surface area contributed by atoms with Gasteiger partial charge in [-0.3, -0.25) is 14.4 Å². The molecule has 2 amide bonds. The lowest BCUT2D eigenvalue weighted by atomic mass is 10.1. The number of Topliss-reactive ketones (excluding diaryl/α,β-unsaturated/α-hetero) is 1. The van der Waals surface area contributed by atoms with Crippen LogP contribution in [0.2, 0.25) is 0 Å². The van der Waals surface area contributed by atoms with Crippen molar-refractivity contribution in [2.75, 3.05) is 11.9 Å². The standard InChI is InChI=1S/C19H16FN5O4/c1-2-15(26)14-6-13(24-18-11(20)8-22-25(14)18)19(28)21-7-10-3-4-16-12(5-10)23-17(27)9-29-16/h3-6,8H,2,7,9H2,1H3,(H,21,28)(H,23,27). The van der Waals surface area contributed by atoms with Gasteiger partial charge >= 0.3 is 0 Å². The molecule has 29 heavy (non-hydrogen) atoms. The number of ether oxygens (including phenoxy) is 1. The highest BCUT2D eigenvalue weighted by molar-refractivity contribution is 5.99. The molecule has 3 heterocycles. The van der Waals surface area contributed by atoms with Crippen LogP contribution in [0.3, 0.4) is 0 Å². The fourth-order valence-electron chi connectivity index (χ4n) is 2.95. The van der Waals surface area contributed by atoms with E-state index in [0.29, 0.717) is 17.0 Å². The van der Waals surface area contributed by atoms with Gasteiger partial charge in [0, 0.05) is 13.0 Å². The number of carbonyl (C=O) groups excluding carboxylic acids is 3. The van der Waals surface area contributed by atoms with E-state index in [1.807, 2.05) is 0 Å². The van der Waals surface area contributed by atoms with E-state index in [1.54, 1.807) is 25.1 Å². The van der Waals surface area contributed by atoms with E-state index in [2.05, 4.69) is 20.7 Å². The van der Waals surface area contributed by atoms with E-state index < -0.39 is 11.7 Å². The fourth-order valence-corrected chi connectivity index (χ4v) is 2.95. The van der Waals surface area contributed by atoms with Gasteiger partial charge in [-0.2, -0.15) is 5.10 Å². The lowest BCUT2D eigenvalue weighted by Gasteiger charge is -2.18. The zero-order valence-corrected chi connectivity index (χ0v) is 15.4. The maximum Gasteiger partial charge on any atom is 0.270 e. The number of anilines is 1. The predicted molar refractivity (Wildman–Crippen MR) is 99.3 cm³/mol. The van der Waals surface area contributed by atoms with Gasteiger partial charge in [0.2, 0.25) is 0 Å². The number of benzene rings is 1. The average Bonchev–Trinajstić information content (AvgIpc) is 3.11. The Bertz CT molecular complexity index is 1160. The monoisotopic (exact) mass is 397 g/mol. The van der Waals surface area contributed by atoms with Gasteiger partial charge in [0.1, 0.15) is 17.1 Å². The molecule has 4 rings (SSSR count). The van der Waals surface area contributed by atoms with Crippen LogP contribution in [0.4, 0.5) is 10.1 Å². The van der Waals surface area contributed by atoms with Crippen molar-refractivity contribution in [3.05, 3.63) is 53.2 Å². The number of hydrogen-bond donors (Lipinski definition) is 2. The van der Waals surface area contributed by atoms with Crippen molar-refractivity contribution in [2.45, 2.75) is 19.9 Å². The lowest BCUT2D eigenvalue weighted by Crippen LogP contribution is -2.27. The number of halogens is 1. The number of rotatable bonds is 5. The van der Waals surface area contributed by atoms with Crippen LogP contribution < -0.4 is 15.4 Å². The number of amides is 2. The molecule has 148 valence electrons. The maximum atomic E-state index is 13.9. The van der Waals surface area contributed by atoms with Crippen LogP contribution in [0.5, 0.6) is 5.75 Å². The second-order valence-electron chi connectivity index (χ2n) is 6.38. The summed E-state index contributed by atoms with van der Waals surface area (Å²) in [6, 6.07) is 6.42. The summed E-state index contributed by atoms with van der Waals surface area (Å²) in [7, 11) is 0. The van der Waals surface area contributed by atoms with Gasteiger partial charge in [0.25, 0.3) is 11.8 Å². The Morgan fingerprint density at radius 1 is 1.34 bits per heavy atom. The van der Waals surface area contributed by atoms with E-state index in [9.17, 15) is 18.8 Å². The van der Waals surface area contributed by atoms with Gasteiger partial charge in [-0.15, -0.1) is 0 Å². The summed E-state index contributed by atoms with van der Waals surface area (Å²) in [5, 5.41) is 9.18. The quantitative estimate of drug-likeness (QED) is 0.634. The number of carbonyl (C=O) groups is 3. The van der Waals surface area contributed by atoms with Crippen LogP contribution in [0.15, 0.2) is 30.5 Å². The molecule has 0 unspecified atom stereocenters. The van der Waals surface area contributed by atoms with Gasteiger partial charge < -0.3 is 15.4 Å². The molecule has 10 heteroatoms. The van der Waals surface area contributed by atoms with Gasteiger partial charge in [0.15, 0.2) is 23.9 Å². The van der Waals surface area contributed by atoms with Crippen LogP contribution >= 0.6 is 0 Å². The molecular weight excluding hydrogens is 381 g/mol. The smallest absolute Gasteiger partial charge is 0.270 e. The molecule has 2 N–H and O–H groups in total. The molecule has 0 aliphatic carbocycles. The minimum atomic E-state index is -0.727. The van der Waals surface area contributed by atoms with Crippen molar-refractivity contribution in [3.8, 4) is 5.75 Å². The average molecular weight is 397 g/mol. The first-order chi connectivity index (χ1) is 14.0. The molecule has 1 aliphatic heterocycles. The second kappa shape index (κ2) is 7.30. The molecule has 0 saturated heterocycles. The Kier molecular flexibility index (Phi) is 4.67. The summed E-state index contributed by atoms with van der Waals surface area (Å²) in [4.78, 5) is 40.2. The molecule has 0 saturated carbocycles. The predicted octanol–water partition coefficient (Wildman–Crippen LogP) is 1.72. The third-order valence-electron chi connectivity index (χ3n) is 4.40. The Hall–Kier alpha value is -3.82. The van der Waals surface area contributed by atoms with Gasteiger partial charge in [0.05, 0.1) is 11.9 Å². The summed E-state index contributed by atoms with van der Waals surface area (Å²) >= 11 is 0. The Morgan fingerprint density at radius 3 is 2.97 bits per heavy atom. The summed E-state index contributed by atoms with van der Waals surface area (Å²) in [5.74, 6) is -1.30. The Balaban J connectivity index is 1.57. The first-order valence-corrected chi connectivity index (χ1v) is 8.87. The van der Waals surface area contributed by atoms with Crippen molar-refractivity contribution >= 4 is 28.9 Å². The van der Waals surface area contributed by atoms with Gasteiger partial charge in [-0.25, -0.2) is 13.9 Å². The van der Waals surface area contributed by atoms with Crippen LogP contribution in [0, 0.1) is 5.82 Å². The minimum absolute atomic E-state index is 0.0405. The minimum Gasteiger partial charge on any atom is -0.482 e. The number of fused-ring (bicyclic) bond motifs is 2. The molecule has 0 spiro atoms. The molecule has 2 aromatic heterocycles. The van der Waals surface area contributed by atoms with Crippen LogP contribution in [-0.2, 0) is 11.3 Å². The van der Waals surface area contributed by atoms with Crippen molar-refractivity contribution < 1.29 is 23.5 Å². The highest BCUT2D eigenvalue weighted by atomic mass is 19.1. The van der Waals surface area contributed by atoms with E-state index in [1.165, 1.54) is 6.07 Å². The number of aromatic nitrogens is 3. The Labute approximate surface area is 163 Å². The van der Waals surface area contributed by atoms with E-state index in [4.69, 9.17) is 4.74 Å². The van der Waals surface area contributed by atoms with Crippen LogP contribution in [0.25, 0.3) is 5.65 Å². The molecule has 0 atom stereocenters. The maximum absolute atomic E-state index is 13.9. The first kappa shape index (κ1) is 18.5. The highest BCUT2D eigenvalue weighted by Crippen LogP contribution is 2.28.